The number of hydrogen-bond donors (Lipinski definition) is 0. The molecule has 1 aromatic carbocycles. The van der Waals surface area contributed by atoms with Crippen LogP contribution in [0.1, 0.15) is 71.4 Å². The van der Waals surface area contributed by atoms with E-state index in [0.29, 0.717) is 18.4 Å². The Bertz CT molecular complexity index is 538. The van der Waals surface area contributed by atoms with E-state index in [4.69, 9.17) is 9.47 Å². The van der Waals surface area contributed by atoms with Gasteiger partial charge in [0.25, 0.3) is 0 Å². The Labute approximate surface area is 168 Å². The van der Waals surface area contributed by atoms with E-state index in [2.05, 4.69) is 26.5 Å². The van der Waals surface area contributed by atoms with Crippen molar-refractivity contribution in [2.45, 2.75) is 74.1 Å². The third-order valence-corrected chi connectivity index (χ3v) is 4.96. The van der Waals surface area contributed by atoms with Crippen molar-refractivity contribution in [3.05, 3.63) is 48.1 Å². The lowest BCUT2D eigenvalue weighted by Crippen LogP contribution is -2.19. The van der Waals surface area contributed by atoms with Gasteiger partial charge in [0.05, 0.1) is 6.61 Å². The van der Waals surface area contributed by atoms with Crippen LogP contribution in [0.5, 0.6) is 11.5 Å². The maximum atomic E-state index is 6.11. The molecular formula is C25H42O2. The average Bonchev–Trinajstić information content (AvgIpc) is 2.74. The van der Waals surface area contributed by atoms with Crippen LogP contribution in [0.15, 0.2) is 36.9 Å². The monoisotopic (exact) mass is 374 g/mol. The molecule has 1 aliphatic rings. The van der Waals surface area contributed by atoms with Crippen molar-refractivity contribution < 1.29 is 9.47 Å². The van der Waals surface area contributed by atoms with Crippen molar-refractivity contribution in [3.63, 3.8) is 0 Å². The van der Waals surface area contributed by atoms with E-state index < -0.39 is 0 Å². The largest absolute Gasteiger partial charge is 0.493 e. The van der Waals surface area contributed by atoms with E-state index in [1.807, 2.05) is 58.9 Å². The van der Waals surface area contributed by atoms with Gasteiger partial charge in [-0.25, -0.2) is 0 Å². The molecule has 2 heteroatoms. The summed E-state index contributed by atoms with van der Waals surface area (Å²) in [6.45, 7) is 19.6. The van der Waals surface area contributed by atoms with Gasteiger partial charge < -0.3 is 9.47 Å². The number of benzene rings is 1. The van der Waals surface area contributed by atoms with E-state index in [0.717, 1.165) is 18.1 Å². The topological polar surface area (TPSA) is 18.5 Å². The van der Waals surface area contributed by atoms with E-state index in [1.54, 1.807) is 0 Å². The fourth-order valence-electron chi connectivity index (χ4n) is 3.12. The van der Waals surface area contributed by atoms with Gasteiger partial charge in [-0.3, -0.25) is 0 Å². The minimum atomic E-state index is 0.615. The summed E-state index contributed by atoms with van der Waals surface area (Å²) in [7, 11) is 0. The predicted molar refractivity (Wildman–Crippen MR) is 120 cm³/mol. The Kier molecular flexibility index (Phi) is 14.4. The quantitative estimate of drug-likeness (QED) is 0.456. The smallest absolute Gasteiger partial charge is 0.123 e. The lowest BCUT2D eigenvalue weighted by molar-refractivity contribution is 0.193. The molecule has 0 aliphatic heterocycles. The van der Waals surface area contributed by atoms with Gasteiger partial charge in [0, 0.05) is 0 Å². The molecular weight excluding hydrogens is 332 g/mol. The first-order chi connectivity index (χ1) is 13.2. The van der Waals surface area contributed by atoms with Gasteiger partial charge in [-0.05, 0) is 81.5 Å². The van der Waals surface area contributed by atoms with Crippen LogP contribution in [-0.4, -0.2) is 13.2 Å². The third-order valence-electron chi connectivity index (χ3n) is 4.96. The summed E-state index contributed by atoms with van der Waals surface area (Å²) in [4.78, 5) is 0. The van der Waals surface area contributed by atoms with Gasteiger partial charge >= 0.3 is 0 Å². The molecule has 154 valence electrons. The van der Waals surface area contributed by atoms with Crippen LogP contribution >= 0.6 is 0 Å². The first kappa shape index (κ1) is 25.3. The molecule has 2 nitrogen and oxygen atoms in total. The molecule has 27 heavy (non-hydrogen) atoms. The molecule has 0 atom stereocenters. The Balaban J connectivity index is 0.00000158. The third kappa shape index (κ3) is 8.69. The van der Waals surface area contributed by atoms with Crippen molar-refractivity contribution in [1.82, 2.24) is 0 Å². The predicted octanol–water partition coefficient (Wildman–Crippen LogP) is 7.68. The van der Waals surface area contributed by atoms with Crippen molar-refractivity contribution in [1.29, 1.82) is 0 Å². The van der Waals surface area contributed by atoms with Gasteiger partial charge in [-0.2, -0.15) is 0 Å². The summed E-state index contributed by atoms with van der Waals surface area (Å²) in [5.74, 6) is 3.33. The highest BCUT2D eigenvalue weighted by Gasteiger charge is 2.20. The summed E-state index contributed by atoms with van der Waals surface area (Å²) in [6.07, 6.45) is 11.1. The van der Waals surface area contributed by atoms with Crippen molar-refractivity contribution in [2.75, 3.05) is 13.2 Å². The van der Waals surface area contributed by atoms with E-state index in [9.17, 15) is 0 Å². The Morgan fingerprint density at radius 1 is 0.926 bits per heavy atom. The number of hydrogen-bond acceptors (Lipinski definition) is 2. The van der Waals surface area contributed by atoms with Crippen LogP contribution in [0.4, 0.5) is 0 Å². The average molecular weight is 375 g/mol. The summed E-state index contributed by atoms with van der Waals surface area (Å²) in [5.41, 5.74) is 2.35. The zero-order valence-electron chi connectivity index (χ0n) is 18.8. The Morgan fingerprint density at radius 3 is 1.93 bits per heavy atom. The van der Waals surface area contributed by atoms with Gasteiger partial charge in [-0.15, -0.1) is 6.58 Å². The van der Waals surface area contributed by atoms with Crippen LogP contribution in [0.3, 0.4) is 0 Å². The van der Waals surface area contributed by atoms with E-state index >= 15 is 0 Å². The molecule has 1 fully saturated rings. The van der Waals surface area contributed by atoms with Gasteiger partial charge in [0.2, 0.25) is 0 Å². The molecule has 1 aromatic rings. The second-order valence-corrected chi connectivity index (χ2v) is 6.52. The number of allylic oxidation sites excluding steroid dienone is 2. The molecule has 0 aromatic heterocycles. The zero-order chi connectivity index (χ0) is 20.7. The molecule has 0 heterocycles. The molecule has 1 aliphatic carbocycles. The molecule has 0 bridgehead atoms. The Morgan fingerprint density at radius 2 is 1.44 bits per heavy atom. The normalized spacial score (nSPS) is 18.6. The molecule has 0 unspecified atom stereocenters. The molecule has 0 amide bonds. The van der Waals surface area contributed by atoms with Crippen LogP contribution in [-0.2, 0) is 0 Å². The van der Waals surface area contributed by atoms with Crippen molar-refractivity contribution >= 4 is 0 Å². The van der Waals surface area contributed by atoms with Crippen LogP contribution in [0.25, 0.3) is 0 Å². The first-order valence-electron chi connectivity index (χ1n) is 10.7. The summed E-state index contributed by atoms with van der Waals surface area (Å²) in [6, 6.07) is 4.07. The van der Waals surface area contributed by atoms with Crippen LogP contribution in [0, 0.1) is 25.7 Å². The minimum Gasteiger partial charge on any atom is -0.493 e. The maximum Gasteiger partial charge on any atom is 0.123 e. The standard InChI is InChI=1S/C21H30O2.2C2H6/c1-5-7-14-22-20-12-13-21(17(4)16(20)3)23-15-19-10-8-18(6-2)9-11-19;2*1-2/h5-7,12-13,18-19H,2,8-11,14-15H2,1,3-4H3;2*1-2H3/b7-5+;;. The van der Waals surface area contributed by atoms with Gasteiger partial charge in [-0.1, -0.05) is 45.9 Å². The van der Waals surface area contributed by atoms with Crippen molar-refractivity contribution in [3.8, 4) is 11.5 Å². The second kappa shape index (κ2) is 15.4. The molecule has 0 radical (unpaired) electrons. The van der Waals surface area contributed by atoms with E-state index in [-0.39, 0.29) is 0 Å². The summed E-state index contributed by atoms with van der Waals surface area (Å²) >= 11 is 0. The molecule has 0 saturated heterocycles. The number of ether oxygens (including phenoxy) is 2. The molecule has 0 spiro atoms. The summed E-state index contributed by atoms with van der Waals surface area (Å²) in [5, 5.41) is 0. The van der Waals surface area contributed by atoms with Gasteiger partial charge in [0.15, 0.2) is 0 Å². The summed E-state index contributed by atoms with van der Waals surface area (Å²) < 4.78 is 11.9. The Hall–Kier alpha value is -1.70. The van der Waals surface area contributed by atoms with Crippen LogP contribution < -0.4 is 9.47 Å². The SMILES string of the molecule is C=CC1CCC(COc2ccc(OC/C=C/C)c(C)c2C)CC1.CC.CC. The fraction of sp³-hybridized carbons (Fsp3) is 0.600. The fourth-order valence-corrected chi connectivity index (χ4v) is 3.12. The minimum absolute atomic E-state index is 0.615. The van der Waals surface area contributed by atoms with Gasteiger partial charge in [0.1, 0.15) is 18.1 Å². The highest BCUT2D eigenvalue weighted by atomic mass is 16.5. The molecule has 2 rings (SSSR count). The lowest BCUT2D eigenvalue weighted by Gasteiger charge is -2.27. The maximum absolute atomic E-state index is 6.11. The van der Waals surface area contributed by atoms with Crippen LogP contribution in [0.2, 0.25) is 0 Å². The second-order valence-electron chi connectivity index (χ2n) is 6.52. The number of rotatable bonds is 7. The first-order valence-corrected chi connectivity index (χ1v) is 10.7. The van der Waals surface area contributed by atoms with Crippen molar-refractivity contribution in [2.24, 2.45) is 11.8 Å². The zero-order valence-corrected chi connectivity index (χ0v) is 18.8. The highest BCUT2D eigenvalue weighted by Crippen LogP contribution is 2.32. The molecule has 1 saturated carbocycles. The molecule has 0 N–H and O–H groups in total. The highest BCUT2D eigenvalue weighted by molar-refractivity contribution is 5.47. The lowest BCUT2D eigenvalue weighted by atomic mass is 9.82. The van der Waals surface area contributed by atoms with E-state index in [1.165, 1.54) is 36.8 Å².